The molecule has 1 aromatic heterocycles. The van der Waals surface area contributed by atoms with E-state index in [4.69, 9.17) is 22.1 Å². The standard InChI is InChI=1S/C16H18BrClN4O2S/c17-12-9-11(18)3-4-13(12)24-7-8-25-16-21-20-15(10-1-2-10)22(16)6-5-14(19)23/h3-4,9-10H,1-2,5-8H2,(H2,19,23). The number of halogens is 2. The smallest absolute Gasteiger partial charge is 0.219 e. The van der Waals surface area contributed by atoms with Crippen LogP contribution in [0.2, 0.25) is 5.02 Å². The molecule has 0 spiro atoms. The van der Waals surface area contributed by atoms with Gasteiger partial charge in [0.05, 0.1) is 11.1 Å². The highest BCUT2D eigenvalue weighted by atomic mass is 79.9. The minimum absolute atomic E-state index is 0.291. The van der Waals surface area contributed by atoms with E-state index in [9.17, 15) is 4.79 Å². The summed E-state index contributed by atoms with van der Waals surface area (Å²) in [4.78, 5) is 11.1. The number of primary amides is 1. The fraction of sp³-hybridized carbons (Fsp3) is 0.438. The summed E-state index contributed by atoms with van der Waals surface area (Å²) in [6.07, 6.45) is 2.56. The minimum atomic E-state index is -0.317. The molecule has 1 fully saturated rings. The zero-order chi connectivity index (χ0) is 17.8. The predicted molar refractivity (Wildman–Crippen MR) is 101 cm³/mol. The zero-order valence-electron chi connectivity index (χ0n) is 13.5. The van der Waals surface area contributed by atoms with Gasteiger partial charge in [0, 0.05) is 29.7 Å². The van der Waals surface area contributed by atoms with Crippen LogP contribution in [0.4, 0.5) is 0 Å². The third-order valence-corrected chi connectivity index (χ3v) is 5.52. The molecule has 1 amide bonds. The summed E-state index contributed by atoms with van der Waals surface area (Å²) in [6, 6.07) is 5.42. The van der Waals surface area contributed by atoms with E-state index >= 15 is 0 Å². The van der Waals surface area contributed by atoms with Crippen molar-refractivity contribution in [2.75, 3.05) is 12.4 Å². The second-order valence-electron chi connectivity index (χ2n) is 5.75. The van der Waals surface area contributed by atoms with Gasteiger partial charge < -0.3 is 15.0 Å². The molecule has 0 bridgehead atoms. The number of thioether (sulfide) groups is 1. The lowest BCUT2D eigenvalue weighted by Crippen LogP contribution is -2.15. The van der Waals surface area contributed by atoms with Crippen molar-refractivity contribution in [1.82, 2.24) is 14.8 Å². The second kappa shape index (κ2) is 8.42. The number of carbonyl (C=O) groups excluding carboxylic acids is 1. The van der Waals surface area contributed by atoms with Crippen molar-refractivity contribution in [2.45, 2.75) is 36.9 Å². The normalized spacial score (nSPS) is 13.8. The number of hydrogen-bond donors (Lipinski definition) is 1. The van der Waals surface area contributed by atoms with Gasteiger partial charge in [-0.1, -0.05) is 23.4 Å². The van der Waals surface area contributed by atoms with Crippen molar-refractivity contribution in [3.05, 3.63) is 33.5 Å². The molecule has 1 aliphatic carbocycles. The number of benzene rings is 1. The van der Waals surface area contributed by atoms with Crippen molar-refractivity contribution in [3.63, 3.8) is 0 Å². The number of rotatable bonds is 9. The molecule has 0 unspecified atom stereocenters. The Morgan fingerprint density at radius 2 is 2.24 bits per heavy atom. The van der Waals surface area contributed by atoms with Crippen LogP contribution in [0.15, 0.2) is 27.8 Å². The van der Waals surface area contributed by atoms with E-state index in [0.717, 1.165) is 34.0 Å². The summed E-state index contributed by atoms with van der Waals surface area (Å²) in [5, 5.41) is 10.0. The maximum atomic E-state index is 11.1. The Morgan fingerprint density at radius 1 is 1.44 bits per heavy atom. The first-order chi connectivity index (χ1) is 12.0. The molecule has 0 atom stereocenters. The third-order valence-electron chi connectivity index (χ3n) is 3.74. The van der Waals surface area contributed by atoms with Crippen LogP contribution < -0.4 is 10.5 Å². The van der Waals surface area contributed by atoms with Gasteiger partial charge in [-0.15, -0.1) is 10.2 Å². The molecule has 2 aromatic rings. The molecular weight excluding hydrogens is 428 g/mol. The van der Waals surface area contributed by atoms with E-state index in [1.165, 1.54) is 0 Å². The summed E-state index contributed by atoms with van der Waals surface area (Å²) in [7, 11) is 0. The summed E-state index contributed by atoms with van der Waals surface area (Å²) >= 11 is 10.9. The molecule has 1 aromatic carbocycles. The maximum Gasteiger partial charge on any atom is 0.219 e. The largest absolute Gasteiger partial charge is 0.492 e. The highest BCUT2D eigenvalue weighted by molar-refractivity contribution is 9.10. The summed E-state index contributed by atoms with van der Waals surface area (Å²) in [5.41, 5.74) is 5.28. The fourth-order valence-electron chi connectivity index (χ4n) is 2.36. The first-order valence-corrected chi connectivity index (χ1v) is 10.1. The molecule has 3 rings (SSSR count). The van der Waals surface area contributed by atoms with Crippen molar-refractivity contribution >= 4 is 45.2 Å². The van der Waals surface area contributed by atoms with Crippen LogP contribution in [-0.4, -0.2) is 33.0 Å². The molecule has 0 saturated heterocycles. The Hall–Kier alpha value is -1.25. The first kappa shape index (κ1) is 18.5. The molecule has 1 heterocycles. The van der Waals surface area contributed by atoms with Gasteiger partial charge >= 0.3 is 0 Å². The summed E-state index contributed by atoms with van der Waals surface area (Å²) in [6.45, 7) is 1.05. The summed E-state index contributed by atoms with van der Waals surface area (Å²) in [5.74, 6) is 2.58. The highest BCUT2D eigenvalue weighted by Crippen LogP contribution is 2.40. The number of hydrogen-bond acceptors (Lipinski definition) is 5. The molecule has 1 saturated carbocycles. The van der Waals surface area contributed by atoms with Crippen molar-refractivity contribution in [2.24, 2.45) is 5.73 Å². The third kappa shape index (κ3) is 5.12. The SMILES string of the molecule is NC(=O)CCn1c(SCCOc2ccc(Cl)cc2Br)nnc1C1CC1. The average Bonchev–Trinajstić information content (AvgIpc) is 3.32. The lowest BCUT2D eigenvalue weighted by Gasteiger charge is -2.10. The molecule has 134 valence electrons. The van der Waals surface area contributed by atoms with Crippen LogP contribution >= 0.6 is 39.3 Å². The average molecular weight is 446 g/mol. The van der Waals surface area contributed by atoms with Gasteiger partial charge in [0.2, 0.25) is 5.91 Å². The van der Waals surface area contributed by atoms with Gasteiger partial charge in [-0.05, 0) is 47.0 Å². The van der Waals surface area contributed by atoms with Crippen LogP contribution in [0.25, 0.3) is 0 Å². The Kier molecular flexibility index (Phi) is 6.24. The number of carbonyl (C=O) groups is 1. The van der Waals surface area contributed by atoms with E-state index in [0.29, 0.717) is 36.3 Å². The molecule has 0 radical (unpaired) electrons. The Morgan fingerprint density at radius 3 is 2.92 bits per heavy atom. The van der Waals surface area contributed by atoms with Gasteiger partial charge in [-0.25, -0.2) is 0 Å². The Bertz CT molecular complexity index is 767. The van der Waals surface area contributed by atoms with Gasteiger partial charge in [0.25, 0.3) is 0 Å². The van der Waals surface area contributed by atoms with Crippen molar-refractivity contribution in [3.8, 4) is 5.75 Å². The number of nitrogens with zero attached hydrogens (tertiary/aromatic N) is 3. The number of nitrogens with two attached hydrogens (primary N) is 1. The second-order valence-corrected chi connectivity index (χ2v) is 8.11. The molecule has 2 N–H and O–H groups in total. The zero-order valence-corrected chi connectivity index (χ0v) is 16.6. The van der Waals surface area contributed by atoms with Crippen LogP contribution in [0.3, 0.4) is 0 Å². The van der Waals surface area contributed by atoms with Gasteiger partial charge in [-0.3, -0.25) is 4.79 Å². The van der Waals surface area contributed by atoms with Gasteiger partial charge in [0.15, 0.2) is 5.16 Å². The fourth-order valence-corrected chi connectivity index (χ4v) is 3.94. The molecule has 6 nitrogen and oxygen atoms in total. The van der Waals surface area contributed by atoms with E-state index in [1.54, 1.807) is 23.9 Å². The number of aromatic nitrogens is 3. The quantitative estimate of drug-likeness (QED) is 0.471. The number of amides is 1. The van der Waals surface area contributed by atoms with E-state index < -0.39 is 0 Å². The Balaban J connectivity index is 1.56. The minimum Gasteiger partial charge on any atom is -0.492 e. The summed E-state index contributed by atoms with van der Waals surface area (Å²) < 4.78 is 8.60. The molecule has 9 heteroatoms. The van der Waals surface area contributed by atoms with Crippen LogP contribution in [0.1, 0.15) is 31.0 Å². The van der Waals surface area contributed by atoms with Crippen LogP contribution in [0.5, 0.6) is 5.75 Å². The van der Waals surface area contributed by atoms with Gasteiger partial charge in [0.1, 0.15) is 11.6 Å². The maximum absolute atomic E-state index is 11.1. The van der Waals surface area contributed by atoms with Crippen molar-refractivity contribution in [1.29, 1.82) is 0 Å². The predicted octanol–water partition coefficient (Wildman–Crippen LogP) is 3.62. The Labute approximate surface area is 163 Å². The number of ether oxygens (including phenoxy) is 1. The van der Waals surface area contributed by atoms with E-state index in [-0.39, 0.29) is 5.91 Å². The molecule has 0 aliphatic heterocycles. The molecule has 25 heavy (non-hydrogen) atoms. The monoisotopic (exact) mass is 444 g/mol. The first-order valence-electron chi connectivity index (χ1n) is 7.96. The van der Waals surface area contributed by atoms with Gasteiger partial charge in [-0.2, -0.15) is 0 Å². The topological polar surface area (TPSA) is 83.0 Å². The van der Waals surface area contributed by atoms with Crippen molar-refractivity contribution < 1.29 is 9.53 Å². The lowest BCUT2D eigenvalue weighted by atomic mass is 10.3. The molecule has 1 aliphatic rings. The highest BCUT2D eigenvalue weighted by Gasteiger charge is 2.30. The van der Waals surface area contributed by atoms with Crippen LogP contribution in [-0.2, 0) is 11.3 Å². The van der Waals surface area contributed by atoms with Crippen LogP contribution in [0, 0.1) is 0 Å². The lowest BCUT2D eigenvalue weighted by molar-refractivity contribution is -0.118. The molecular formula is C16H18BrClN4O2S. The van der Waals surface area contributed by atoms with E-state index in [1.807, 2.05) is 10.6 Å². The van der Waals surface area contributed by atoms with E-state index in [2.05, 4.69) is 26.1 Å².